The van der Waals surface area contributed by atoms with E-state index in [2.05, 4.69) is 31.8 Å². The van der Waals surface area contributed by atoms with Gasteiger partial charge in [-0.3, -0.25) is 0 Å². The number of aliphatic hydroxyl groups excluding tert-OH is 1. The number of benzene rings is 1. The van der Waals surface area contributed by atoms with Gasteiger partial charge in [-0.05, 0) is 49.8 Å². The first-order valence-electron chi connectivity index (χ1n) is 12.9. The molecule has 1 saturated heterocycles. The van der Waals surface area contributed by atoms with Crippen LogP contribution >= 0.6 is 11.6 Å². The minimum Gasteiger partial charge on any atom is -0.393 e. The third kappa shape index (κ3) is 6.57. The van der Waals surface area contributed by atoms with Gasteiger partial charge < -0.3 is 15.7 Å². The van der Waals surface area contributed by atoms with Crippen LogP contribution in [0.4, 0.5) is 5.95 Å². The monoisotopic (exact) mass is 570 g/mol. The molecule has 11 nitrogen and oxygen atoms in total. The SMILES string of the molecule is CS(=O)(=O)N1CCC(Nc2ncc(C#N)c(-c3cnn(-c4ccc(CN[C@H]5CC[C@@H](O)C5)cc4Cl)c3)n2)CC1. The van der Waals surface area contributed by atoms with E-state index in [0.717, 1.165) is 24.8 Å². The quantitative estimate of drug-likeness (QED) is 0.371. The Kier molecular flexibility index (Phi) is 8.16. The van der Waals surface area contributed by atoms with Crippen LogP contribution in [0.3, 0.4) is 0 Å². The highest BCUT2D eigenvalue weighted by atomic mass is 35.5. The van der Waals surface area contributed by atoms with Crippen LogP contribution in [0.2, 0.25) is 5.02 Å². The van der Waals surface area contributed by atoms with E-state index in [4.69, 9.17) is 11.6 Å². The number of piperidine rings is 1. The summed E-state index contributed by atoms with van der Waals surface area (Å²) in [5, 5.41) is 31.1. The maximum absolute atomic E-state index is 11.8. The third-order valence-electron chi connectivity index (χ3n) is 7.28. The Morgan fingerprint density at radius 1 is 1.18 bits per heavy atom. The molecule has 3 heterocycles. The van der Waals surface area contributed by atoms with Crippen molar-refractivity contribution in [3.8, 4) is 23.0 Å². The Balaban J connectivity index is 1.28. The lowest BCUT2D eigenvalue weighted by atomic mass is 10.1. The maximum Gasteiger partial charge on any atom is 0.223 e. The molecule has 39 heavy (non-hydrogen) atoms. The fourth-order valence-corrected chi connectivity index (χ4v) is 6.26. The van der Waals surface area contributed by atoms with Gasteiger partial charge in [-0.15, -0.1) is 0 Å². The second-order valence-electron chi connectivity index (χ2n) is 10.2. The summed E-state index contributed by atoms with van der Waals surface area (Å²) >= 11 is 6.61. The number of halogens is 1. The molecular formula is C26H31ClN8O3S. The van der Waals surface area contributed by atoms with Crippen molar-refractivity contribution in [3.05, 3.63) is 52.9 Å². The van der Waals surface area contributed by atoms with E-state index in [1.165, 1.54) is 16.8 Å². The normalized spacial score (nSPS) is 20.7. The van der Waals surface area contributed by atoms with Crippen molar-refractivity contribution in [2.75, 3.05) is 24.7 Å². The number of nitriles is 1. The Hall–Kier alpha value is -3.08. The summed E-state index contributed by atoms with van der Waals surface area (Å²) in [5.41, 5.74) is 3.15. The molecule has 0 radical (unpaired) electrons. The van der Waals surface area contributed by atoms with Gasteiger partial charge in [0, 0.05) is 43.5 Å². The molecule has 0 bridgehead atoms. The first kappa shape index (κ1) is 27.5. The van der Waals surface area contributed by atoms with Crippen molar-refractivity contribution < 1.29 is 13.5 Å². The zero-order valence-electron chi connectivity index (χ0n) is 21.6. The molecule has 0 spiro atoms. The van der Waals surface area contributed by atoms with Gasteiger partial charge in [0.15, 0.2) is 0 Å². The highest BCUT2D eigenvalue weighted by Crippen LogP contribution is 2.27. The van der Waals surface area contributed by atoms with E-state index >= 15 is 0 Å². The van der Waals surface area contributed by atoms with E-state index in [-0.39, 0.29) is 12.1 Å². The van der Waals surface area contributed by atoms with Crippen LogP contribution in [-0.2, 0) is 16.6 Å². The smallest absolute Gasteiger partial charge is 0.223 e. The van der Waals surface area contributed by atoms with Gasteiger partial charge in [0.2, 0.25) is 16.0 Å². The average molecular weight is 571 g/mol. The average Bonchev–Trinajstić information content (AvgIpc) is 3.56. The number of aromatic nitrogens is 4. The lowest BCUT2D eigenvalue weighted by molar-refractivity contribution is 0.179. The number of nitrogens with one attached hydrogen (secondary N) is 2. The number of nitrogens with zero attached hydrogens (tertiary/aromatic N) is 6. The zero-order chi connectivity index (χ0) is 27.6. The molecule has 1 aromatic carbocycles. The molecule has 206 valence electrons. The second kappa shape index (κ2) is 11.6. The van der Waals surface area contributed by atoms with Crippen LogP contribution in [0.1, 0.15) is 43.2 Å². The minimum absolute atomic E-state index is 0.0251. The van der Waals surface area contributed by atoms with E-state index in [9.17, 15) is 18.8 Å². The van der Waals surface area contributed by atoms with Crippen molar-refractivity contribution in [3.63, 3.8) is 0 Å². The fraction of sp³-hybridized carbons (Fsp3) is 0.462. The van der Waals surface area contributed by atoms with Gasteiger partial charge in [-0.2, -0.15) is 10.4 Å². The minimum atomic E-state index is -3.20. The predicted octanol–water partition coefficient (Wildman–Crippen LogP) is 2.69. The molecule has 0 amide bonds. The maximum atomic E-state index is 11.8. The number of hydrogen-bond donors (Lipinski definition) is 3. The highest BCUT2D eigenvalue weighted by molar-refractivity contribution is 7.88. The highest BCUT2D eigenvalue weighted by Gasteiger charge is 2.26. The van der Waals surface area contributed by atoms with Crippen molar-refractivity contribution in [1.29, 1.82) is 5.26 Å². The number of hydrogen-bond acceptors (Lipinski definition) is 9. The van der Waals surface area contributed by atoms with Crippen LogP contribution in [0.25, 0.3) is 16.9 Å². The predicted molar refractivity (Wildman–Crippen MR) is 148 cm³/mol. The molecule has 1 saturated carbocycles. The van der Waals surface area contributed by atoms with E-state index in [0.29, 0.717) is 72.0 Å². The van der Waals surface area contributed by atoms with Crippen molar-refractivity contribution in [2.24, 2.45) is 0 Å². The van der Waals surface area contributed by atoms with Crippen molar-refractivity contribution in [2.45, 2.75) is 56.8 Å². The summed E-state index contributed by atoms with van der Waals surface area (Å²) in [4.78, 5) is 8.89. The van der Waals surface area contributed by atoms with Gasteiger partial charge in [0.1, 0.15) is 6.07 Å². The molecule has 0 unspecified atom stereocenters. The summed E-state index contributed by atoms with van der Waals surface area (Å²) in [6.45, 7) is 1.54. The number of rotatable bonds is 8. The number of sulfonamides is 1. The molecule has 3 aromatic rings. The topological polar surface area (TPSA) is 149 Å². The summed E-state index contributed by atoms with van der Waals surface area (Å²) in [7, 11) is -3.20. The number of aliphatic hydroxyl groups is 1. The first-order valence-corrected chi connectivity index (χ1v) is 15.2. The summed E-state index contributed by atoms with van der Waals surface area (Å²) < 4.78 is 26.7. The molecule has 5 rings (SSSR count). The van der Waals surface area contributed by atoms with Crippen molar-refractivity contribution >= 4 is 27.6 Å². The Morgan fingerprint density at radius 3 is 2.64 bits per heavy atom. The molecule has 2 aliphatic rings. The largest absolute Gasteiger partial charge is 0.393 e. The summed E-state index contributed by atoms with van der Waals surface area (Å²) in [6.07, 6.45) is 9.74. The lowest BCUT2D eigenvalue weighted by Gasteiger charge is -2.30. The van der Waals surface area contributed by atoms with Crippen LogP contribution in [-0.4, -0.2) is 75.1 Å². The van der Waals surface area contributed by atoms with Crippen LogP contribution in [0, 0.1) is 11.3 Å². The zero-order valence-corrected chi connectivity index (χ0v) is 23.2. The molecular weight excluding hydrogens is 540 g/mol. The van der Waals surface area contributed by atoms with Crippen LogP contribution in [0.5, 0.6) is 0 Å². The standard InChI is InChI=1S/C26H31ClN8O3S/c1-39(37,38)34-8-6-20(7-9-34)32-26-30-14-18(12-28)25(33-26)19-15-31-35(16-19)24-5-2-17(10-23(24)27)13-29-21-3-4-22(36)11-21/h2,5,10,14-16,20-22,29,36H,3-4,6-9,11,13H2,1H3,(H,30,32,33)/t21-,22+/m0/s1. The van der Waals surface area contributed by atoms with Crippen LogP contribution < -0.4 is 10.6 Å². The summed E-state index contributed by atoms with van der Waals surface area (Å²) in [6, 6.07) is 8.28. The molecule has 1 aliphatic heterocycles. The molecule has 1 aliphatic carbocycles. The Labute approximate surface area is 232 Å². The van der Waals surface area contributed by atoms with E-state index < -0.39 is 10.0 Å². The molecule has 13 heteroatoms. The lowest BCUT2D eigenvalue weighted by Crippen LogP contribution is -2.42. The van der Waals surface area contributed by atoms with Gasteiger partial charge in [0.25, 0.3) is 0 Å². The molecule has 3 N–H and O–H groups in total. The second-order valence-corrected chi connectivity index (χ2v) is 12.5. The van der Waals surface area contributed by atoms with Gasteiger partial charge in [-0.25, -0.2) is 27.4 Å². The van der Waals surface area contributed by atoms with Gasteiger partial charge in [-0.1, -0.05) is 17.7 Å². The van der Waals surface area contributed by atoms with E-state index in [1.807, 2.05) is 18.2 Å². The summed E-state index contributed by atoms with van der Waals surface area (Å²) in [5.74, 6) is 0.374. The van der Waals surface area contributed by atoms with Gasteiger partial charge in [0.05, 0.1) is 46.7 Å². The third-order valence-corrected chi connectivity index (χ3v) is 8.89. The number of anilines is 1. The Morgan fingerprint density at radius 2 is 1.97 bits per heavy atom. The van der Waals surface area contributed by atoms with Crippen molar-refractivity contribution in [1.82, 2.24) is 29.4 Å². The fourth-order valence-electron chi connectivity index (χ4n) is 5.10. The molecule has 2 atom stereocenters. The molecule has 2 fully saturated rings. The molecule has 2 aromatic heterocycles. The Bertz CT molecular complexity index is 1480. The van der Waals surface area contributed by atoms with Crippen LogP contribution in [0.15, 0.2) is 36.8 Å². The first-order chi connectivity index (χ1) is 18.7. The van der Waals surface area contributed by atoms with E-state index in [1.54, 1.807) is 17.1 Å². The van der Waals surface area contributed by atoms with Gasteiger partial charge >= 0.3 is 0 Å².